The van der Waals surface area contributed by atoms with E-state index in [9.17, 15) is 4.79 Å². The summed E-state index contributed by atoms with van der Waals surface area (Å²) in [6, 6.07) is 1.41. The van der Waals surface area contributed by atoms with Gasteiger partial charge in [-0.05, 0) is 26.3 Å². The Kier molecular flexibility index (Phi) is 3.37. The standard InChI is InChI=1S/C11H17N3O2/c1-4-11(2,3)14-9-8(12)5-7(6-13-9)10(15)16/h5-6H,4,12H2,1-3H3,(H,13,14)(H,15,16). The van der Waals surface area contributed by atoms with E-state index >= 15 is 0 Å². The largest absolute Gasteiger partial charge is 0.478 e. The van der Waals surface area contributed by atoms with Crippen molar-refractivity contribution in [3.63, 3.8) is 0 Å². The van der Waals surface area contributed by atoms with Crippen LogP contribution in [0.4, 0.5) is 11.5 Å². The predicted molar refractivity (Wildman–Crippen MR) is 63.6 cm³/mol. The van der Waals surface area contributed by atoms with Crippen LogP contribution in [0.5, 0.6) is 0 Å². The molecule has 0 amide bonds. The molecule has 16 heavy (non-hydrogen) atoms. The monoisotopic (exact) mass is 223 g/mol. The maximum absolute atomic E-state index is 10.7. The SMILES string of the molecule is CCC(C)(C)Nc1ncc(C(=O)O)cc1N. The van der Waals surface area contributed by atoms with Gasteiger partial charge in [0.25, 0.3) is 0 Å². The normalized spacial score (nSPS) is 11.2. The number of nitrogen functional groups attached to an aromatic ring is 1. The Morgan fingerprint density at radius 3 is 2.69 bits per heavy atom. The minimum absolute atomic E-state index is 0.0948. The summed E-state index contributed by atoms with van der Waals surface area (Å²) in [6.45, 7) is 6.10. The molecule has 88 valence electrons. The number of nitrogens with zero attached hydrogens (tertiary/aromatic N) is 1. The van der Waals surface area contributed by atoms with Gasteiger partial charge in [-0.2, -0.15) is 0 Å². The van der Waals surface area contributed by atoms with Crippen LogP contribution < -0.4 is 11.1 Å². The second kappa shape index (κ2) is 4.38. The molecular weight excluding hydrogens is 206 g/mol. The summed E-state index contributed by atoms with van der Waals surface area (Å²) < 4.78 is 0. The van der Waals surface area contributed by atoms with E-state index in [1.54, 1.807) is 0 Å². The number of rotatable bonds is 4. The molecule has 4 N–H and O–H groups in total. The van der Waals surface area contributed by atoms with Gasteiger partial charge in [0.15, 0.2) is 0 Å². The Morgan fingerprint density at radius 1 is 1.62 bits per heavy atom. The number of anilines is 2. The molecule has 0 fully saturated rings. The van der Waals surface area contributed by atoms with Gasteiger partial charge >= 0.3 is 5.97 Å². The minimum Gasteiger partial charge on any atom is -0.478 e. The Hall–Kier alpha value is -1.78. The van der Waals surface area contributed by atoms with Crippen molar-refractivity contribution < 1.29 is 9.90 Å². The summed E-state index contributed by atoms with van der Waals surface area (Å²) in [5, 5.41) is 11.9. The molecule has 5 heteroatoms. The zero-order chi connectivity index (χ0) is 12.3. The first-order valence-corrected chi connectivity index (χ1v) is 5.12. The van der Waals surface area contributed by atoms with Crippen molar-refractivity contribution in [2.75, 3.05) is 11.1 Å². The minimum atomic E-state index is -1.03. The first kappa shape index (κ1) is 12.3. The Morgan fingerprint density at radius 2 is 2.25 bits per heavy atom. The highest BCUT2D eigenvalue weighted by atomic mass is 16.4. The van der Waals surface area contributed by atoms with Gasteiger partial charge in [-0.25, -0.2) is 9.78 Å². The highest BCUT2D eigenvalue weighted by Crippen LogP contribution is 2.22. The average Bonchev–Trinajstić information content (AvgIpc) is 2.20. The number of nitrogens with two attached hydrogens (primary N) is 1. The van der Waals surface area contributed by atoms with E-state index < -0.39 is 5.97 Å². The van der Waals surface area contributed by atoms with Crippen LogP contribution in [0.2, 0.25) is 0 Å². The Bertz CT molecular complexity index is 402. The first-order chi connectivity index (χ1) is 7.35. The van der Waals surface area contributed by atoms with Crippen LogP contribution in [0.25, 0.3) is 0 Å². The predicted octanol–water partition coefficient (Wildman–Crippen LogP) is 1.96. The van der Waals surface area contributed by atoms with Crippen molar-refractivity contribution in [2.24, 2.45) is 0 Å². The lowest BCUT2D eigenvalue weighted by atomic mass is 10.0. The lowest BCUT2D eigenvalue weighted by Crippen LogP contribution is -2.30. The molecule has 1 aromatic rings. The van der Waals surface area contributed by atoms with Crippen LogP contribution in [0.3, 0.4) is 0 Å². The molecule has 0 aliphatic heterocycles. The number of aromatic nitrogens is 1. The summed E-state index contributed by atoms with van der Waals surface area (Å²) >= 11 is 0. The van der Waals surface area contributed by atoms with Crippen molar-refractivity contribution in [3.8, 4) is 0 Å². The molecule has 0 saturated heterocycles. The van der Waals surface area contributed by atoms with Gasteiger partial charge in [0.1, 0.15) is 5.82 Å². The van der Waals surface area contributed by atoms with Gasteiger partial charge in [-0.15, -0.1) is 0 Å². The molecule has 1 heterocycles. The fourth-order valence-electron chi connectivity index (χ4n) is 1.11. The highest BCUT2D eigenvalue weighted by molar-refractivity contribution is 5.89. The Labute approximate surface area is 94.7 Å². The highest BCUT2D eigenvalue weighted by Gasteiger charge is 2.17. The fourth-order valence-corrected chi connectivity index (χ4v) is 1.11. The molecule has 1 aromatic heterocycles. The third-order valence-corrected chi connectivity index (χ3v) is 2.50. The topological polar surface area (TPSA) is 88.2 Å². The van der Waals surface area contributed by atoms with E-state index in [-0.39, 0.29) is 11.1 Å². The lowest BCUT2D eigenvalue weighted by molar-refractivity contribution is 0.0696. The number of hydrogen-bond donors (Lipinski definition) is 3. The van der Waals surface area contributed by atoms with E-state index in [0.29, 0.717) is 11.5 Å². The van der Waals surface area contributed by atoms with Gasteiger partial charge in [-0.3, -0.25) is 0 Å². The van der Waals surface area contributed by atoms with E-state index in [1.165, 1.54) is 12.3 Å². The van der Waals surface area contributed by atoms with Crippen molar-refractivity contribution in [1.29, 1.82) is 0 Å². The van der Waals surface area contributed by atoms with Crippen molar-refractivity contribution in [2.45, 2.75) is 32.7 Å². The van der Waals surface area contributed by atoms with Crippen molar-refractivity contribution >= 4 is 17.5 Å². The van der Waals surface area contributed by atoms with E-state index in [1.807, 2.05) is 13.8 Å². The molecule has 5 nitrogen and oxygen atoms in total. The molecule has 0 atom stereocenters. The molecule has 0 unspecified atom stereocenters. The molecule has 0 aromatic carbocycles. The molecule has 1 rings (SSSR count). The summed E-state index contributed by atoms with van der Waals surface area (Å²) in [4.78, 5) is 14.7. The van der Waals surface area contributed by atoms with Gasteiger partial charge in [0.2, 0.25) is 0 Å². The maximum atomic E-state index is 10.7. The molecular formula is C11H17N3O2. The van der Waals surface area contributed by atoms with Crippen LogP contribution in [-0.2, 0) is 0 Å². The first-order valence-electron chi connectivity index (χ1n) is 5.12. The average molecular weight is 223 g/mol. The number of carboxylic acids is 1. The molecule has 0 radical (unpaired) electrons. The lowest BCUT2D eigenvalue weighted by Gasteiger charge is -2.25. The number of aromatic carboxylic acids is 1. The zero-order valence-electron chi connectivity index (χ0n) is 9.74. The number of carboxylic acid groups (broad SMARTS) is 1. The molecule has 0 aliphatic rings. The van der Waals surface area contributed by atoms with Gasteiger partial charge < -0.3 is 16.2 Å². The number of hydrogen-bond acceptors (Lipinski definition) is 4. The molecule has 0 spiro atoms. The smallest absolute Gasteiger partial charge is 0.337 e. The quantitative estimate of drug-likeness (QED) is 0.726. The second-order valence-corrected chi connectivity index (χ2v) is 4.33. The summed E-state index contributed by atoms with van der Waals surface area (Å²) in [6.07, 6.45) is 2.21. The molecule has 0 saturated carbocycles. The van der Waals surface area contributed by atoms with E-state index in [2.05, 4.69) is 17.2 Å². The summed E-state index contributed by atoms with van der Waals surface area (Å²) in [7, 11) is 0. The van der Waals surface area contributed by atoms with Crippen molar-refractivity contribution in [1.82, 2.24) is 4.98 Å². The maximum Gasteiger partial charge on any atom is 0.337 e. The number of nitrogens with one attached hydrogen (secondary N) is 1. The van der Waals surface area contributed by atoms with Crippen LogP contribution in [-0.4, -0.2) is 21.6 Å². The summed E-state index contributed by atoms with van der Waals surface area (Å²) in [5.41, 5.74) is 6.06. The van der Waals surface area contributed by atoms with Crippen LogP contribution in [0.15, 0.2) is 12.3 Å². The third-order valence-electron chi connectivity index (χ3n) is 2.50. The Balaban J connectivity index is 2.96. The van der Waals surface area contributed by atoms with Crippen LogP contribution >= 0.6 is 0 Å². The molecule has 0 aliphatic carbocycles. The van der Waals surface area contributed by atoms with Gasteiger partial charge in [0.05, 0.1) is 11.3 Å². The van der Waals surface area contributed by atoms with Gasteiger partial charge in [0, 0.05) is 11.7 Å². The van der Waals surface area contributed by atoms with Crippen molar-refractivity contribution in [3.05, 3.63) is 17.8 Å². The van der Waals surface area contributed by atoms with E-state index in [4.69, 9.17) is 10.8 Å². The third kappa shape index (κ3) is 2.85. The number of pyridine rings is 1. The fraction of sp³-hybridized carbons (Fsp3) is 0.455. The van der Waals surface area contributed by atoms with E-state index in [0.717, 1.165) is 6.42 Å². The van der Waals surface area contributed by atoms with Crippen LogP contribution in [0.1, 0.15) is 37.6 Å². The van der Waals surface area contributed by atoms with Crippen LogP contribution in [0, 0.1) is 0 Å². The second-order valence-electron chi connectivity index (χ2n) is 4.33. The molecule has 0 bridgehead atoms. The number of carbonyl (C=O) groups is 1. The zero-order valence-corrected chi connectivity index (χ0v) is 9.74. The van der Waals surface area contributed by atoms with Gasteiger partial charge in [-0.1, -0.05) is 6.92 Å². The summed E-state index contributed by atoms with van der Waals surface area (Å²) in [5.74, 6) is -0.502.